The van der Waals surface area contributed by atoms with E-state index in [-0.39, 0.29) is 11.8 Å². The van der Waals surface area contributed by atoms with Crippen LogP contribution in [0.15, 0.2) is 24.3 Å². The Labute approximate surface area is 177 Å². The molecule has 1 aromatic rings. The van der Waals surface area contributed by atoms with Crippen LogP contribution in [0.3, 0.4) is 0 Å². The largest absolute Gasteiger partial charge is 0.497 e. The first-order chi connectivity index (χ1) is 14.5. The van der Waals surface area contributed by atoms with Crippen LogP contribution in [0.1, 0.15) is 12.5 Å². The predicted octanol–water partition coefficient (Wildman–Crippen LogP) is 0.560. The minimum Gasteiger partial charge on any atom is -0.497 e. The monoisotopic (exact) mass is 417 g/mol. The van der Waals surface area contributed by atoms with Crippen molar-refractivity contribution in [3.63, 3.8) is 0 Å². The molecule has 3 aliphatic heterocycles. The number of amides is 2. The van der Waals surface area contributed by atoms with Gasteiger partial charge in [-0.1, -0.05) is 12.1 Å². The van der Waals surface area contributed by atoms with Crippen molar-refractivity contribution in [2.45, 2.75) is 12.3 Å². The zero-order valence-electron chi connectivity index (χ0n) is 17.8. The predicted molar refractivity (Wildman–Crippen MR) is 110 cm³/mol. The van der Waals surface area contributed by atoms with Gasteiger partial charge in [0.05, 0.1) is 51.5 Å². The average Bonchev–Trinajstić information content (AvgIpc) is 2.97. The van der Waals surface area contributed by atoms with Crippen molar-refractivity contribution in [3.8, 4) is 5.75 Å². The Morgan fingerprint density at radius 3 is 2.10 bits per heavy atom. The van der Waals surface area contributed by atoms with Gasteiger partial charge in [-0.25, -0.2) is 0 Å². The topological polar surface area (TPSA) is 71.6 Å². The average molecular weight is 418 g/mol. The SMILES string of the molecule is COc1ccc([C@@]2(C)C(=O)N(CN3CCOCC3)C(=O)[C@@H]2CN2CCOCC2)cc1. The minimum atomic E-state index is -0.909. The minimum absolute atomic E-state index is 0.0868. The normalized spacial score (nSPS) is 28.9. The van der Waals surface area contributed by atoms with Gasteiger partial charge in [0.25, 0.3) is 0 Å². The number of likely N-dealkylation sites (tertiary alicyclic amines) is 1. The van der Waals surface area contributed by atoms with Crippen LogP contribution in [0.2, 0.25) is 0 Å². The summed E-state index contributed by atoms with van der Waals surface area (Å²) in [5.74, 6) is 0.0882. The van der Waals surface area contributed by atoms with Crippen LogP contribution in [0.5, 0.6) is 5.75 Å². The highest BCUT2D eigenvalue weighted by molar-refractivity contribution is 6.10. The first-order valence-corrected chi connectivity index (χ1v) is 10.6. The van der Waals surface area contributed by atoms with E-state index < -0.39 is 11.3 Å². The molecule has 0 radical (unpaired) electrons. The third-order valence-electron chi connectivity index (χ3n) is 6.63. The first kappa shape index (κ1) is 21.2. The van der Waals surface area contributed by atoms with Gasteiger partial charge in [-0.2, -0.15) is 0 Å². The maximum absolute atomic E-state index is 13.7. The maximum Gasteiger partial charge on any atom is 0.241 e. The van der Waals surface area contributed by atoms with Gasteiger partial charge in [0.15, 0.2) is 0 Å². The van der Waals surface area contributed by atoms with Gasteiger partial charge in [-0.15, -0.1) is 0 Å². The summed E-state index contributed by atoms with van der Waals surface area (Å²) < 4.78 is 16.2. The van der Waals surface area contributed by atoms with Gasteiger partial charge < -0.3 is 14.2 Å². The summed E-state index contributed by atoms with van der Waals surface area (Å²) in [5, 5.41) is 0. The zero-order chi connectivity index (χ0) is 21.1. The number of carbonyl (C=O) groups excluding carboxylic acids is 2. The van der Waals surface area contributed by atoms with Crippen LogP contribution in [-0.4, -0.2) is 99.4 Å². The molecule has 8 nitrogen and oxygen atoms in total. The third kappa shape index (κ3) is 3.97. The summed E-state index contributed by atoms with van der Waals surface area (Å²) in [7, 11) is 1.62. The second-order valence-corrected chi connectivity index (χ2v) is 8.34. The summed E-state index contributed by atoms with van der Waals surface area (Å²) in [5.41, 5.74) is -0.0575. The Bertz CT molecular complexity index is 759. The molecule has 0 spiro atoms. The molecule has 3 heterocycles. The van der Waals surface area contributed by atoms with Gasteiger partial charge in [0.1, 0.15) is 5.75 Å². The fraction of sp³-hybridized carbons (Fsp3) is 0.636. The zero-order valence-corrected chi connectivity index (χ0v) is 17.8. The number of imide groups is 1. The van der Waals surface area contributed by atoms with Crippen LogP contribution in [-0.2, 0) is 24.5 Å². The molecule has 0 bridgehead atoms. The molecule has 164 valence electrons. The molecule has 3 fully saturated rings. The number of hydrogen-bond donors (Lipinski definition) is 0. The molecule has 2 atom stereocenters. The molecule has 1 aromatic carbocycles. The number of rotatable bonds is 6. The lowest BCUT2D eigenvalue weighted by Crippen LogP contribution is -2.47. The van der Waals surface area contributed by atoms with E-state index in [0.29, 0.717) is 39.6 Å². The number of morpholine rings is 2. The second kappa shape index (κ2) is 9.01. The molecule has 30 heavy (non-hydrogen) atoms. The van der Waals surface area contributed by atoms with E-state index in [1.54, 1.807) is 7.11 Å². The van der Waals surface area contributed by atoms with Gasteiger partial charge in [-0.3, -0.25) is 24.3 Å². The van der Waals surface area contributed by atoms with E-state index in [1.807, 2.05) is 31.2 Å². The number of carbonyl (C=O) groups is 2. The fourth-order valence-corrected chi connectivity index (χ4v) is 4.61. The van der Waals surface area contributed by atoms with Crippen molar-refractivity contribution in [2.75, 3.05) is 72.9 Å². The first-order valence-electron chi connectivity index (χ1n) is 10.6. The Balaban J connectivity index is 1.63. The fourth-order valence-electron chi connectivity index (χ4n) is 4.61. The highest BCUT2D eigenvalue weighted by Crippen LogP contribution is 2.42. The van der Waals surface area contributed by atoms with Crippen molar-refractivity contribution in [2.24, 2.45) is 5.92 Å². The van der Waals surface area contributed by atoms with Crippen LogP contribution < -0.4 is 4.74 Å². The standard InChI is InChI=1S/C22H31N3O5/c1-22(17-3-5-18(28-2)6-4-17)19(15-23-7-11-29-12-8-23)20(26)25(21(22)27)16-24-9-13-30-14-10-24/h3-6,19H,7-16H2,1-2H3/t19-,22+/m0/s1. The molecular formula is C22H31N3O5. The van der Waals surface area contributed by atoms with E-state index in [9.17, 15) is 9.59 Å². The Kier molecular flexibility index (Phi) is 6.38. The maximum atomic E-state index is 13.7. The quantitative estimate of drug-likeness (QED) is 0.627. The van der Waals surface area contributed by atoms with Crippen molar-refractivity contribution < 1.29 is 23.8 Å². The number of methoxy groups -OCH3 is 1. The molecule has 2 amide bonds. The molecule has 8 heteroatoms. The highest BCUT2D eigenvalue weighted by Gasteiger charge is 2.57. The molecule has 3 aliphatic rings. The molecular weight excluding hydrogens is 386 g/mol. The van der Waals surface area contributed by atoms with E-state index in [2.05, 4.69) is 9.80 Å². The van der Waals surface area contributed by atoms with Crippen molar-refractivity contribution in [1.29, 1.82) is 0 Å². The molecule has 4 rings (SSSR count). The van der Waals surface area contributed by atoms with Gasteiger partial charge >= 0.3 is 0 Å². The second-order valence-electron chi connectivity index (χ2n) is 8.34. The van der Waals surface area contributed by atoms with Crippen LogP contribution in [0.25, 0.3) is 0 Å². The van der Waals surface area contributed by atoms with Crippen molar-refractivity contribution in [3.05, 3.63) is 29.8 Å². The summed E-state index contributed by atoms with van der Waals surface area (Å²) in [6, 6.07) is 7.53. The van der Waals surface area contributed by atoms with Crippen LogP contribution in [0, 0.1) is 5.92 Å². The van der Waals surface area contributed by atoms with E-state index in [0.717, 1.165) is 37.5 Å². The highest BCUT2D eigenvalue weighted by atomic mass is 16.5. The number of ether oxygens (including phenoxy) is 3. The Morgan fingerprint density at radius 2 is 1.53 bits per heavy atom. The molecule has 0 unspecified atom stereocenters. The molecule has 0 N–H and O–H groups in total. The number of nitrogens with zero attached hydrogens (tertiary/aromatic N) is 3. The third-order valence-corrected chi connectivity index (χ3v) is 6.63. The molecule has 0 saturated carbocycles. The van der Waals surface area contributed by atoms with E-state index in [1.165, 1.54) is 4.90 Å². The lowest BCUT2D eigenvalue weighted by Gasteiger charge is -2.34. The molecule has 0 aliphatic carbocycles. The van der Waals surface area contributed by atoms with Crippen molar-refractivity contribution in [1.82, 2.24) is 14.7 Å². The summed E-state index contributed by atoms with van der Waals surface area (Å²) in [6.45, 7) is 8.38. The summed E-state index contributed by atoms with van der Waals surface area (Å²) in [6.07, 6.45) is 0. The van der Waals surface area contributed by atoms with E-state index >= 15 is 0 Å². The van der Waals surface area contributed by atoms with E-state index in [4.69, 9.17) is 14.2 Å². The lowest BCUT2D eigenvalue weighted by atomic mass is 9.73. The summed E-state index contributed by atoms with van der Waals surface area (Å²) >= 11 is 0. The number of benzene rings is 1. The number of hydrogen-bond acceptors (Lipinski definition) is 7. The van der Waals surface area contributed by atoms with Gasteiger partial charge in [0.2, 0.25) is 11.8 Å². The lowest BCUT2D eigenvalue weighted by molar-refractivity contribution is -0.143. The summed E-state index contributed by atoms with van der Waals surface area (Å²) in [4.78, 5) is 33.0. The van der Waals surface area contributed by atoms with Gasteiger partial charge in [-0.05, 0) is 24.6 Å². The molecule has 3 saturated heterocycles. The van der Waals surface area contributed by atoms with Gasteiger partial charge in [0, 0.05) is 32.7 Å². The van der Waals surface area contributed by atoms with Crippen LogP contribution in [0.4, 0.5) is 0 Å². The molecule has 0 aromatic heterocycles. The Morgan fingerprint density at radius 1 is 0.967 bits per heavy atom. The van der Waals surface area contributed by atoms with Crippen molar-refractivity contribution >= 4 is 11.8 Å². The smallest absolute Gasteiger partial charge is 0.241 e. The Hall–Kier alpha value is -2.00. The van der Waals surface area contributed by atoms with Crippen LogP contribution >= 0.6 is 0 Å².